The molecule has 2 aromatic rings. The second-order valence-corrected chi connectivity index (χ2v) is 4.84. The molecule has 0 spiro atoms. The molecule has 2 nitrogen and oxygen atoms in total. The number of aryl methyl sites for hydroxylation is 1. The summed E-state index contributed by atoms with van der Waals surface area (Å²) in [6.07, 6.45) is -4.09. The minimum absolute atomic E-state index is 0.167. The number of rotatable bonds is 3. The molecule has 0 aliphatic heterocycles. The zero-order valence-corrected chi connectivity index (χ0v) is 11.2. The van der Waals surface area contributed by atoms with E-state index in [4.69, 9.17) is 5.11 Å². The molecule has 0 aromatic heterocycles. The van der Waals surface area contributed by atoms with Gasteiger partial charge in [-0.05, 0) is 42.7 Å². The lowest BCUT2D eigenvalue weighted by Crippen LogP contribution is -2.06. The predicted molar refractivity (Wildman–Crippen MR) is 72.4 cm³/mol. The van der Waals surface area contributed by atoms with Crippen LogP contribution in [0.25, 0.3) is 0 Å². The summed E-state index contributed by atoms with van der Waals surface area (Å²) >= 11 is 0. The molecule has 0 fully saturated rings. The Balaban J connectivity index is 2.30. The molecule has 0 radical (unpaired) electrons. The van der Waals surface area contributed by atoms with E-state index in [0.717, 1.165) is 17.7 Å². The van der Waals surface area contributed by atoms with Gasteiger partial charge in [0.05, 0.1) is 11.1 Å². The molecule has 5 heteroatoms. The van der Waals surface area contributed by atoms with Gasteiger partial charge in [0.2, 0.25) is 0 Å². The lowest BCUT2D eigenvalue weighted by molar-refractivity contribution is -0.137. The molecule has 110 valence electrons. The summed E-state index contributed by atoms with van der Waals surface area (Å²) in [5, 5.41) is 9.14. The Labute approximate surface area is 119 Å². The van der Waals surface area contributed by atoms with Crippen LogP contribution in [0.4, 0.5) is 13.2 Å². The van der Waals surface area contributed by atoms with Crippen LogP contribution >= 0.6 is 0 Å². The molecule has 0 amide bonds. The Morgan fingerprint density at radius 2 is 1.71 bits per heavy atom. The van der Waals surface area contributed by atoms with Gasteiger partial charge in [-0.25, -0.2) is 4.79 Å². The number of carboxylic acids is 1. The second kappa shape index (κ2) is 5.60. The van der Waals surface area contributed by atoms with Gasteiger partial charge < -0.3 is 5.11 Å². The third-order valence-corrected chi connectivity index (χ3v) is 3.17. The van der Waals surface area contributed by atoms with Crippen LogP contribution in [-0.2, 0) is 12.6 Å². The van der Waals surface area contributed by atoms with Crippen LogP contribution in [0, 0.1) is 6.92 Å². The van der Waals surface area contributed by atoms with Gasteiger partial charge in [0.1, 0.15) is 0 Å². The Morgan fingerprint density at radius 3 is 2.24 bits per heavy atom. The molecule has 0 heterocycles. The summed E-state index contributed by atoms with van der Waals surface area (Å²) in [5.74, 6) is -1.04. The summed E-state index contributed by atoms with van der Waals surface area (Å²) in [6.45, 7) is 1.84. The van der Waals surface area contributed by atoms with Crippen molar-refractivity contribution >= 4 is 5.97 Å². The smallest absolute Gasteiger partial charge is 0.416 e. The topological polar surface area (TPSA) is 37.3 Å². The van der Waals surface area contributed by atoms with Gasteiger partial charge in [-0.2, -0.15) is 13.2 Å². The maximum atomic E-state index is 12.5. The average molecular weight is 294 g/mol. The molecular formula is C16H13F3O2. The molecule has 0 unspecified atom stereocenters. The highest BCUT2D eigenvalue weighted by Gasteiger charge is 2.29. The number of hydrogen-bond acceptors (Lipinski definition) is 1. The van der Waals surface area contributed by atoms with Gasteiger partial charge >= 0.3 is 12.1 Å². The molecule has 0 aliphatic carbocycles. The third-order valence-electron chi connectivity index (χ3n) is 3.17. The standard InChI is InChI=1S/C16H13F3O2/c1-10-2-7-14(15(20)21)12(8-10)9-11-3-5-13(6-4-11)16(17,18)19/h2-8H,9H2,1H3,(H,20,21). The molecule has 0 bridgehead atoms. The fourth-order valence-corrected chi connectivity index (χ4v) is 2.11. The SMILES string of the molecule is Cc1ccc(C(=O)O)c(Cc2ccc(C(F)(F)F)cc2)c1. The lowest BCUT2D eigenvalue weighted by Gasteiger charge is -2.10. The van der Waals surface area contributed by atoms with E-state index in [0.29, 0.717) is 11.1 Å². The summed E-state index contributed by atoms with van der Waals surface area (Å²) < 4.78 is 37.5. The molecule has 0 saturated heterocycles. The number of aromatic carboxylic acids is 1. The van der Waals surface area contributed by atoms with E-state index in [1.165, 1.54) is 18.2 Å². The first kappa shape index (κ1) is 15.1. The van der Waals surface area contributed by atoms with E-state index in [2.05, 4.69) is 0 Å². The minimum Gasteiger partial charge on any atom is -0.478 e. The van der Waals surface area contributed by atoms with Crippen molar-refractivity contribution in [2.75, 3.05) is 0 Å². The molecule has 1 N–H and O–H groups in total. The van der Waals surface area contributed by atoms with Crippen LogP contribution in [0.5, 0.6) is 0 Å². The number of benzene rings is 2. The van der Waals surface area contributed by atoms with Crippen LogP contribution in [0.1, 0.15) is 32.6 Å². The monoisotopic (exact) mass is 294 g/mol. The van der Waals surface area contributed by atoms with Crippen molar-refractivity contribution in [3.8, 4) is 0 Å². The van der Waals surface area contributed by atoms with E-state index < -0.39 is 17.7 Å². The van der Waals surface area contributed by atoms with Crippen LogP contribution in [0.3, 0.4) is 0 Å². The highest BCUT2D eigenvalue weighted by molar-refractivity contribution is 5.89. The Morgan fingerprint density at radius 1 is 1.10 bits per heavy atom. The Hall–Kier alpha value is -2.30. The van der Waals surface area contributed by atoms with Gasteiger partial charge in [-0.3, -0.25) is 0 Å². The lowest BCUT2D eigenvalue weighted by atomic mass is 9.97. The molecule has 0 aliphatic rings. The van der Waals surface area contributed by atoms with Crippen molar-refractivity contribution in [1.29, 1.82) is 0 Å². The first-order valence-corrected chi connectivity index (χ1v) is 6.26. The van der Waals surface area contributed by atoms with Gasteiger partial charge in [-0.15, -0.1) is 0 Å². The fraction of sp³-hybridized carbons (Fsp3) is 0.188. The van der Waals surface area contributed by atoms with Crippen molar-refractivity contribution in [3.05, 3.63) is 70.3 Å². The average Bonchev–Trinajstić information content (AvgIpc) is 2.38. The zero-order chi connectivity index (χ0) is 15.6. The first-order valence-electron chi connectivity index (χ1n) is 6.26. The maximum Gasteiger partial charge on any atom is 0.416 e. The van der Waals surface area contributed by atoms with Crippen molar-refractivity contribution in [2.24, 2.45) is 0 Å². The number of alkyl halides is 3. The predicted octanol–water partition coefficient (Wildman–Crippen LogP) is 4.30. The van der Waals surface area contributed by atoms with E-state index >= 15 is 0 Å². The van der Waals surface area contributed by atoms with Gasteiger partial charge in [0, 0.05) is 0 Å². The summed E-state index contributed by atoms with van der Waals surface area (Å²) in [7, 11) is 0. The number of carbonyl (C=O) groups is 1. The minimum atomic E-state index is -4.37. The largest absolute Gasteiger partial charge is 0.478 e. The molecule has 0 saturated carbocycles. The highest BCUT2D eigenvalue weighted by atomic mass is 19.4. The maximum absolute atomic E-state index is 12.5. The summed E-state index contributed by atoms with van der Waals surface area (Å²) in [4.78, 5) is 11.2. The fourth-order valence-electron chi connectivity index (χ4n) is 2.11. The number of halogens is 3. The van der Waals surface area contributed by atoms with E-state index in [1.807, 2.05) is 6.92 Å². The Bertz CT molecular complexity index is 658. The first-order chi connectivity index (χ1) is 9.77. The van der Waals surface area contributed by atoms with Gasteiger partial charge in [0.15, 0.2) is 0 Å². The number of hydrogen-bond donors (Lipinski definition) is 1. The van der Waals surface area contributed by atoms with Crippen molar-refractivity contribution in [3.63, 3.8) is 0 Å². The quantitative estimate of drug-likeness (QED) is 0.916. The highest BCUT2D eigenvalue weighted by Crippen LogP contribution is 2.29. The van der Waals surface area contributed by atoms with E-state index in [9.17, 15) is 18.0 Å². The van der Waals surface area contributed by atoms with Crippen LogP contribution < -0.4 is 0 Å². The normalized spacial score (nSPS) is 11.4. The number of carboxylic acid groups (broad SMARTS) is 1. The van der Waals surface area contributed by atoms with E-state index in [-0.39, 0.29) is 12.0 Å². The summed E-state index contributed by atoms with van der Waals surface area (Å²) in [5.41, 5.74) is 1.58. The molecule has 2 aromatic carbocycles. The third kappa shape index (κ3) is 3.62. The van der Waals surface area contributed by atoms with Gasteiger partial charge in [0.25, 0.3) is 0 Å². The van der Waals surface area contributed by atoms with Crippen LogP contribution in [0.15, 0.2) is 42.5 Å². The Kier molecular flexibility index (Phi) is 4.02. The molecule has 21 heavy (non-hydrogen) atoms. The van der Waals surface area contributed by atoms with E-state index in [1.54, 1.807) is 12.1 Å². The van der Waals surface area contributed by atoms with Crippen LogP contribution in [0.2, 0.25) is 0 Å². The van der Waals surface area contributed by atoms with Crippen molar-refractivity contribution < 1.29 is 23.1 Å². The second-order valence-electron chi connectivity index (χ2n) is 4.84. The van der Waals surface area contributed by atoms with Crippen molar-refractivity contribution in [2.45, 2.75) is 19.5 Å². The van der Waals surface area contributed by atoms with Crippen molar-refractivity contribution in [1.82, 2.24) is 0 Å². The zero-order valence-electron chi connectivity index (χ0n) is 11.2. The molecule has 0 atom stereocenters. The van der Waals surface area contributed by atoms with Crippen LogP contribution in [-0.4, -0.2) is 11.1 Å². The summed E-state index contributed by atoms with van der Waals surface area (Å²) in [6, 6.07) is 9.70. The molecular weight excluding hydrogens is 281 g/mol. The van der Waals surface area contributed by atoms with Gasteiger partial charge in [-0.1, -0.05) is 29.8 Å². The molecule has 2 rings (SSSR count).